The second kappa shape index (κ2) is 3.94. The van der Waals surface area contributed by atoms with Gasteiger partial charge in [-0.1, -0.05) is 0 Å². The van der Waals surface area contributed by atoms with E-state index in [4.69, 9.17) is 9.47 Å². The number of rotatable bonds is 1. The van der Waals surface area contributed by atoms with Gasteiger partial charge in [0.25, 0.3) is 0 Å². The van der Waals surface area contributed by atoms with Crippen LogP contribution in [0.3, 0.4) is 0 Å². The Kier molecular flexibility index (Phi) is 2.44. The second-order valence-corrected chi connectivity index (χ2v) is 4.22. The molecule has 2 aliphatic rings. The van der Waals surface area contributed by atoms with Crippen molar-refractivity contribution in [2.45, 2.75) is 12.3 Å². The summed E-state index contributed by atoms with van der Waals surface area (Å²) in [5.74, 6) is 0.901. The molecule has 0 radical (unpaired) electrons. The number of halogens is 1. The Balaban J connectivity index is 1.97. The van der Waals surface area contributed by atoms with Crippen LogP contribution < -0.4 is 14.8 Å². The van der Waals surface area contributed by atoms with E-state index >= 15 is 0 Å². The van der Waals surface area contributed by atoms with Crippen molar-refractivity contribution in [2.75, 3.05) is 26.3 Å². The molecule has 1 unspecified atom stereocenters. The summed E-state index contributed by atoms with van der Waals surface area (Å²) in [6.45, 7) is 2.84. The third-order valence-electron chi connectivity index (χ3n) is 3.15. The maximum Gasteiger partial charge on any atom is 0.197 e. The van der Waals surface area contributed by atoms with Gasteiger partial charge in [-0.05, 0) is 36.6 Å². The Morgan fingerprint density at radius 3 is 2.94 bits per heavy atom. The summed E-state index contributed by atoms with van der Waals surface area (Å²) >= 11 is 0. The molecular formula is C12H14FNO2. The van der Waals surface area contributed by atoms with Crippen LogP contribution >= 0.6 is 0 Å². The maximum atomic E-state index is 13.8. The van der Waals surface area contributed by atoms with Gasteiger partial charge < -0.3 is 14.8 Å². The largest absolute Gasteiger partial charge is 0.486 e. The summed E-state index contributed by atoms with van der Waals surface area (Å²) in [6.07, 6.45) is 1.05. The first kappa shape index (κ1) is 9.90. The Hall–Kier alpha value is -1.29. The van der Waals surface area contributed by atoms with Crippen molar-refractivity contribution in [3.8, 4) is 11.5 Å². The summed E-state index contributed by atoms with van der Waals surface area (Å²) in [5.41, 5.74) is 1.01. The molecule has 3 nitrogen and oxygen atoms in total. The van der Waals surface area contributed by atoms with Gasteiger partial charge in [0, 0.05) is 6.54 Å². The van der Waals surface area contributed by atoms with Crippen molar-refractivity contribution in [3.63, 3.8) is 0 Å². The topological polar surface area (TPSA) is 30.5 Å². The SMILES string of the molecule is Fc1cc(C2CCNC2)cc2c1OCCO2. The minimum absolute atomic E-state index is 0.265. The first-order valence-corrected chi connectivity index (χ1v) is 5.64. The lowest BCUT2D eigenvalue weighted by atomic mass is 9.98. The quantitative estimate of drug-likeness (QED) is 0.785. The van der Waals surface area contributed by atoms with E-state index < -0.39 is 0 Å². The number of hydrogen-bond donors (Lipinski definition) is 1. The highest BCUT2D eigenvalue weighted by Crippen LogP contribution is 2.37. The lowest BCUT2D eigenvalue weighted by Gasteiger charge is -2.20. The van der Waals surface area contributed by atoms with Crippen LogP contribution in [0.4, 0.5) is 4.39 Å². The van der Waals surface area contributed by atoms with E-state index in [1.807, 2.05) is 6.07 Å². The summed E-state index contributed by atoms with van der Waals surface area (Å²) < 4.78 is 24.4. The highest BCUT2D eigenvalue weighted by Gasteiger charge is 2.23. The molecule has 1 atom stereocenters. The van der Waals surface area contributed by atoms with Crippen molar-refractivity contribution in [1.82, 2.24) is 5.32 Å². The van der Waals surface area contributed by atoms with Crippen LogP contribution in [0, 0.1) is 5.82 Å². The maximum absolute atomic E-state index is 13.8. The van der Waals surface area contributed by atoms with Crippen LogP contribution in [0.25, 0.3) is 0 Å². The molecule has 1 fully saturated rings. The molecule has 0 saturated carbocycles. The van der Waals surface area contributed by atoms with E-state index in [9.17, 15) is 4.39 Å². The van der Waals surface area contributed by atoms with Crippen LogP contribution in [-0.2, 0) is 0 Å². The molecule has 0 aromatic heterocycles. The molecule has 3 rings (SSSR count). The van der Waals surface area contributed by atoms with Crippen molar-refractivity contribution in [1.29, 1.82) is 0 Å². The average Bonchev–Trinajstić information content (AvgIpc) is 2.82. The van der Waals surface area contributed by atoms with Gasteiger partial charge in [-0.15, -0.1) is 0 Å². The van der Waals surface area contributed by atoms with Crippen molar-refractivity contribution in [3.05, 3.63) is 23.5 Å². The Morgan fingerprint density at radius 1 is 1.25 bits per heavy atom. The van der Waals surface area contributed by atoms with Crippen LogP contribution in [-0.4, -0.2) is 26.3 Å². The van der Waals surface area contributed by atoms with Crippen LogP contribution in [0.2, 0.25) is 0 Å². The fourth-order valence-corrected chi connectivity index (χ4v) is 2.31. The highest BCUT2D eigenvalue weighted by molar-refractivity contribution is 5.46. The molecule has 2 aliphatic heterocycles. The molecular weight excluding hydrogens is 209 g/mol. The van der Waals surface area contributed by atoms with Crippen LogP contribution in [0.15, 0.2) is 12.1 Å². The van der Waals surface area contributed by atoms with E-state index in [0.717, 1.165) is 25.1 Å². The molecule has 4 heteroatoms. The number of ether oxygens (including phenoxy) is 2. The predicted molar refractivity (Wildman–Crippen MR) is 57.6 cm³/mol. The van der Waals surface area contributed by atoms with E-state index in [0.29, 0.717) is 24.9 Å². The molecule has 0 amide bonds. The normalized spacial score (nSPS) is 23.4. The van der Waals surface area contributed by atoms with E-state index in [-0.39, 0.29) is 11.6 Å². The first-order chi connectivity index (χ1) is 7.84. The zero-order chi connectivity index (χ0) is 11.0. The summed E-state index contributed by atoms with van der Waals surface area (Å²) in [6, 6.07) is 3.49. The van der Waals surface area contributed by atoms with E-state index in [1.165, 1.54) is 0 Å². The fraction of sp³-hybridized carbons (Fsp3) is 0.500. The molecule has 16 heavy (non-hydrogen) atoms. The lowest BCUT2D eigenvalue weighted by molar-refractivity contribution is 0.164. The zero-order valence-electron chi connectivity index (χ0n) is 8.96. The molecule has 0 spiro atoms. The lowest BCUT2D eigenvalue weighted by Crippen LogP contribution is -2.17. The van der Waals surface area contributed by atoms with Gasteiger partial charge in [0.1, 0.15) is 13.2 Å². The second-order valence-electron chi connectivity index (χ2n) is 4.22. The number of fused-ring (bicyclic) bond motifs is 1. The third-order valence-corrected chi connectivity index (χ3v) is 3.15. The number of benzene rings is 1. The van der Waals surface area contributed by atoms with Gasteiger partial charge in [0.15, 0.2) is 17.3 Å². The average molecular weight is 223 g/mol. The summed E-state index contributed by atoms with van der Waals surface area (Å²) in [4.78, 5) is 0. The third kappa shape index (κ3) is 1.63. The monoisotopic (exact) mass is 223 g/mol. The summed E-state index contributed by atoms with van der Waals surface area (Å²) in [7, 11) is 0. The summed E-state index contributed by atoms with van der Waals surface area (Å²) in [5, 5.41) is 3.28. The number of hydrogen-bond acceptors (Lipinski definition) is 3. The zero-order valence-corrected chi connectivity index (χ0v) is 8.96. The molecule has 0 aliphatic carbocycles. The van der Waals surface area contributed by atoms with Gasteiger partial charge in [-0.25, -0.2) is 4.39 Å². The molecule has 0 bridgehead atoms. The highest BCUT2D eigenvalue weighted by atomic mass is 19.1. The van der Waals surface area contributed by atoms with Crippen molar-refractivity contribution in [2.24, 2.45) is 0 Å². The Bertz CT molecular complexity index is 402. The van der Waals surface area contributed by atoms with Crippen LogP contribution in [0.5, 0.6) is 11.5 Å². The van der Waals surface area contributed by atoms with E-state index in [2.05, 4.69) is 5.32 Å². The minimum Gasteiger partial charge on any atom is -0.486 e. The Morgan fingerprint density at radius 2 is 2.12 bits per heavy atom. The fourth-order valence-electron chi connectivity index (χ4n) is 2.31. The molecule has 1 saturated heterocycles. The van der Waals surface area contributed by atoms with Crippen LogP contribution in [0.1, 0.15) is 17.9 Å². The Labute approximate surface area is 93.6 Å². The van der Waals surface area contributed by atoms with Gasteiger partial charge in [0.05, 0.1) is 0 Å². The molecule has 2 heterocycles. The van der Waals surface area contributed by atoms with Crippen molar-refractivity contribution >= 4 is 0 Å². The number of nitrogens with one attached hydrogen (secondary N) is 1. The molecule has 1 N–H and O–H groups in total. The van der Waals surface area contributed by atoms with Gasteiger partial charge in [-0.3, -0.25) is 0 Å². The molecule has 1 aromatic carbocycles. The molecule has 86 valence electrons. The van der Waals surface area contributed by atoms with E-state index in [1.54, 1.807) is 6.07 Å². The smallest absolute Gasteiger partial charge is 0.197 e. The van der Waals surface area contributed by atoms with Gasteiger partial charge >= 0.3 is 0 Å². The minimum atomic E-state index is -0.306. The first-order valence-electron chi connectivity index (χ1n) is 5.64. The van der Waals surface area contributed by atoms with Gasteiger partial charge in [-0.2, -0.15) is 0 Å². The predicted octanol–water partition coefficient (Wildman–Crippen LogP) is 1.67. The van der Waals surface area contributed by atoms with Gasteiger partial charge in [0.2, 0.25) is 0 Å². The molecule has 1 aromatic rings. The van der Waals surface area contributed by atoms with Crippen molar-refractivity contribution < 1.29 is 13.9 Å². The standard InChI is InChI=1S/C12H14FNO2/c13-10-5-9(8-1-2-14-7-8)6-11-12(10)16-4-3-15-11/h5-6,8,14H,1-4,7H2.